The lowest BCUT2D eigenvalue weighted by molar-refractivity contribution is -0.116. The predicted octanol–water partition coefficient (Wildman–Crippen LogP) is 3.58. The Morgan fingerprint density at radius 3 is 2.83 bits per heavy atom. The van der Waals surface area contributed by atoms with E-state index in [9.17, 15) is 9.59 Å². The first-order valence-electron chi connectivity index (χ1n) is 8.43. The summed E-state index contributed by atoms with van der Waals surface area (Å²) in [6.45, 7) is 2.07. The van der Waals surface area contributed by atoms with Crippen LogP contribution in [0.5, 0.6) is 0 Å². The number of aromatic nitrogens is 2. The van der Waals surface area contributed by atoms with Crippen molar-refractivity contribution in [2.24, 2.45) is 0 Å². The van der Waals surface area contributed by atoms with Crippen molar-refractivity contribution in [2.75, 3.05) is 5.32 Å². The Morgan fingerprint density at radius 1 is 1.17 bits per heavy atom. The highest BCUT2D eigenvalue weighted by Gasteiger charge is 2.15. The van der Waals surface area contributed by atoms with E-state index in [1.165, 1.54) is 22.5 Å². The monoisotopic (exact) mass is 343 g/mol. The molecule has 0 fully saturated rings. The van der Waals surface area contributed by atoms with Gasteiger partial charge in [0.1, 0.15) is 5.01 Å². The van der Waals surface area contributed by atoms with Crippen molar-refractivity contribution in [3.8, 4) is 0 Å². The van der Waals surface area contributed by atoms with Crippen LogP contribution in [0.4, 0.5) is 5.13 Å². The lowest BCUT2D eigenvalue weighted by Gasteiger charge is -2.04. The van der Waals surface area contributed by atoms with Crippen molar-refractivity contribution in [2.45, 2.75) is 51.9 Å². The van der Waals surface area contributed by atoms with Crippen molar-refractivity contribution in [3.63, 3.8) is 0 Å². The molecular formula is C18H21N3O2S. The van der Waals surface area contributed by atoms with Gasteiger partial charge in [0.15, 0.2) is 5.78 Å². The molecule has 2 aromatic rings. The highest BCUT2D eigenvalue weighted by atomic mass is 32.1. The number of nitrogens with zero attached hydrogens (tertiary/aromatic N) is 2. The van der Waals surface area contributed by atoms with Crippen LogP contribution in [0.3, 0.4) is 0 Å². The summed E-state index contributed by atoms with van der Waals surface area (Å²) in [6, 6.07) is 5.92. The van der Waals surface area contributed by atoms with Crippen LogP contribution in [0, 0.1) is 0 Å². The van der Waals surface area contributed by atoms with E-state index in [0.717, 1.165) is 37.1 Å². The van der Waals surface area contributed by atoms with Gasteiger partial charge < -0.3 is 5.32 Å². The third-order valence-corrected chi connectivity index (χ3v) is 5.08. The summed E-state index contributed by atoms with van der Waals surface area (Å²) in [6.07, 6.45) is 5.56. The van der Waals surface area contributed by atoms with E-state index in [1.54, 1.807) is 0 Å². The molecular weight excluding hydrogens is 322 g/mol. The summed E-state index contributed by atoms with van der Waals surface area (Å²) in [7, 11) is 0. The van der Waals surface area contributed by atoms with E-state index in [4.69, 9.17) is 0 Å². The van der Waals surface area contributed by atoms with Crippen LogP contribution < -0.4 is 5.32 Å². The van der Waals surface area contributed by atoms with Gasteiger partial charge in [-0.25, -0.2) is 0 Å². The highest BCUT2D eigenvalue weighted by molar-refractivity contribution is 7.15. The van der Waals surface area contributed by atoms with Gasteiger partial charge in [0.05, 0.1) is 0 Å². The lowest BCUT2D eigenvalue weighted by atomic mass is 10.0. The van der Waals surface area contributed by atoms with E-state index < -0.39 is 0 Å². The van der Waals surface area contributed by atoms with Crippen molar-refractivity contribution in [1.82, 2.24) is 10.2 Å². The van der Waals surface area contributed by atoms with Crippen LogP contribution >= 0.6 is 11.3 Å². The number of rotatable bonds is 7. The number of nitrogens with one attached hydrogen (secondary N) is 1. The molecule has 5 nitrogen and oxygen atoms in total. The highest BCUT2D eigenvalue weighted by Crippen LogP contribution is 2.23. The van der Waals surface area contributed by atoms with Crippen molar-refractivity contribution < 1.29 is 9.59 Å². The van der Waals surface area contributed by atoms with Crippen molar-refractivity contribution in [3.05, 3.63) is 39.9 Å². The Hall–Kier alpha value is -2.08. The zero-order valence-electron chi connectivity index (χ0n) is 13.8. The van der Waals surface area contributed by atoms with Gasteiger partial charge in [-0.2, -0.15) is 0 Å². The molecule has 1 aromatic heterocycles. The normalized spacial score (nSPS) is 12.9. The molecule has 24 heavy (non-hydrogen) atoms. The first-order valence-corrected chi connectivity index (χ1v) is 9.24. The third-order valence-electron chi connectivity index (χ3n) is 4.18. The number of hydrogen-bond acceptors (Lipinski definition) is 5. The van der Waals surface area contributed by atoms with Crippen molar-refractivity contribution >= 4 is 28.2 Å². The molecule has 0 spiro atoms. The number of aryl methyl sites for hydroxylation is 3. The quantitative estimate of drug-likeness (QED) is 0.780. The zero-order valence-corrected chi connectivity index (χ0v) is 14.6. The van der Waals surface area contributed by atoms with Gasteiger partial charge >= 0.3 is 0 Å². The van der Waals surface area contributed by atoms with Gasteiger partial charge in [0, 0.05) is 24.8 Å². The predicted molar refractivity (Wildman–Crippen MR) is 94.6 cm³/mol. The molecule has 0 bridgehead atoms. The van der Waals surface area contributed by atoms with Gasteiger partial charge in [-0.15, -0.1) is 10.2 Å². The molecule has 1 heterocycles. The average molecular weight is 343 g/mol. The number of ketones is 1. The summed E-state index contributed by atoms with van der Waals surface area (Å²) in [5.74, 6) is -0.174. The molecule has 126 valence electrons. The molecule has 1 amide bonds. The van der Waals surface area contributed by atoms with E-state index in [-0.39, 0.29) is 24.5 Å². The third kappa shape index (κ3) is 4.06. The summed E-state index contributed by atoms with van der Waals surface area (Å²) in [4.78, 5) is 24.3. The number of hydrogen-bond donors (Lipinski definition) is 1. The van der Waals surface area contributed by atoms with Gasteiger partial charge in [-0.3, -0.25) is 9.59 Å². The SMILES string of the molecule is CCCc1nnc(NC(=O)CCC(=O)c2ccc3c(c2)CCC3)s1. The van der Waals surface area contributed by atoms with Gasteiger partial charge in [-0.1, -0.05) is 30.4 Å². The standard InChI is InChI=1S/C18H21N3O2S/c1-2-4-17-20-21-18(24-17)19-16(23)10-9-15(22)14-8-7-12-5-3-6-13(12)11-14/h7-8,11H,2-6,9-10H2,1H3,(H,19,21,23). The first-order chi connectivity index (χ1) is 11.7. The molecule has 6 heteroatoms. The van der Waals surface area contributed by atoms with Gasteiger partial charge in [0.25, 0.3) is 0 Å². The Balaban J connectivity index is 1.51. The Labute approximate surface area is 145 Å². The average Bonchev–Trinajstić information content (AvgIpc) is 3.21. The van der Waals surface area contributed by atoms with Crippen LogP contribution in [0.15, 0.2) is 18.2 Å². The molecule has 0 atom stereocenters. The maximum atomic E-state index is 12.3. The van der Waals surface area contributed by atoms with E-state index >= 15 is 0 Å². The summed E-state index contributed by atoms with van der Waals surface area (Å²) in [5.41, 5.74) is 3.34. The van der Waals surface area contributed by atoms with Gasteiger partial charge in [0.2, 0.25) is 11.0 Å². The molecule has 1 aromatic carbocycles. The number of fused-ring (bicyclic) bond motifs is 1. The second-order valence-corrected chi connectivity index (χ2v) is 7.12. The van der Waals surface area contributed by atoms with E-state index in [1.807, 2.05) is 18.2 Å². The largest absolute Gasteiger partial charge is 0.301 e. The molecule has 0 aliphatic heterocycles. The van der Waals surface area contributed by atoms with Crippen LogP contribution in [0.2, 0.25) is 0 Å². The van der Waals surface area contributed by atoms with Crippen LogP contribution in [-0.2, 0) is 24.1 Å². The minimum absolute atomic E-state index is 0.0174. The van der Waals surface area contributed by atoms with E-state index in [0.29, 0.717) is 10.7 Å². The van der Waals surface area contributed by atoms with Crippen LogP contribution in [-0.4, -0.2) is 21.9 Å². The molecule has 1 aliphatic carbocycles. The van der Waals surface area contributed by atoms with Crippen molar-refractivity contribution in [1.29, 1.82) is 0 Å². The molecule has 0 radical (unpaired) electrons. The molecule has 0 saturated heterocycles. The smallest absolute Gasteiger partial charge is 0.226 e. The Bertz CT molecular complexity index is 754. The minimum Gasteiger partial charge on any atom is -0.301 e. The minimum atomic E-state index is -0.191. The topological polar surface area (TPSA) is 72.0 Å². The fourth-order valence-electron chi connectivity index (χ4n) is 2.92. The fourth-order valence-corrected chi connectivity index (χ4v) is 3.77. The molecule has 1 N–H and O–H groups in total. The first kappa shape index (κ1) is 16.8. The Kier molecular flexibility index (Phi) is 5.35. The molecule has 1 aliphatic rings. The summed E-state index contributed by atoms with van der Waals surface area (Å²) in [5, 5.41) is 12.1. The zero-order chi connectivity index (χ0) is 16.9. The molecule has 3 rings (SSSR count). The maximum Gasteiger partial charge on any atom is 0.226 e. The summed E-state index contributed by atoms with van der Waals surface area (Å²) >= 11 is 1.39. The van der Waals surface area contributed by atoms with Crippen LogP contribution in [0.25, 0.3) is 0 Å². The van der Waals surface area contributed by atoms with E-state index in [2.05, 4.69) is 22.4 Å². The number of Topliss-reactive ketones (excluding diaryl/α,β-unsaturated/α-hetero) is 1. The Morgan fingerprint density at radius 2 is 2.00 bits per heavy atom. The molecule has 0 saturated carbocycles. The lowest BCUT2D eigenvalue weighted by Crippen LogP contribution is -2.13. The molecule has 0 unspecified atom stereocenters. The maximum absolute atomic E-state index is 12.3. The fraction of sp³-hybridized carbons (Fsp3) is 0.444. The second-order valence-electron chi connectivity index (χ2n) is 6.06. The number of carbonyl (C=O) groups excluding carboxylic acids is 2. The van der Waals surface area contributed by atoms with Crippen LogP contribution in [0.1, 0.15) is 59.1 Å². The number of carbonyl (C=O) groups is 2. The van der Waals surface area contributed by atoms with Gasteiger partial charge in [-0.05, 0) is 42.9 Å². The number of anilines is 1. The number of benzene rings is 1. The second kappa shape index (κ2) is 7.66. The number of amides is 1. The summed E-state index contributed by atoms with van der Waals surface area (Å²) < 4.78 is 0.